The third kappa shape index (κ3) is 5.61. The van der Waals surface area contributed by atoms with E-state index in [1.54, 1.807) is 21.8 Å². The lowest BCUT2D eigenvalue weighted by atomic mass is 9.73. The normalized spacial score (nSPS) is 16.1. The van der Waals surface area contributed by atoms with Gasteiger partial charge in [-0.2, -0.15) is 14.1 Å². The van der Waals surface area contributed by atoms with E-state index in [1.807, 2.05) is 37.4 Å². The molecule has 0 radical (unpaired) electrons. The molecule has 1 spiro atoms. The zero-order chi connectivity index (χ0) is 29.1. The van der Waals surface area contributed by atoms with Gasteiger partial charge in [0.2, 0.25) is 15.8 Å². The Morgan fingerprint density at radius 2 is 1.68 bits per heavy atom. The van der Waals surface area contributed by atoms with Gasteiger partial charge in [0, 0.05) is 24.3 Å². The molecule has 16 heteroatoms. The number of aromatic nitrogens is 6. The highest BCUT2D eigenvalue weighted by Crippen LogP contribution is 2.46. The number of piperidine rings is 1. The van der Waals surface area contributed by atoms with Crippen LogP contribution in [0.3, 0.4) is 0 Å². The second-order valence-corrected chi connectivity index (χ2v) is 16.0. The van der Waals surface area contributed by atoms with Gasteiger partial charge < -0.3 is 15.0 Å². The van der Waals surface area contributed by atoms with Gasteiger partial charge in [0.1, 0.15) is 18.0 Å². The fourth-order valence-electron chi connectivity index (χ4n) is 4.87. The number of imidazole rings is 2. The van der Waals surface area contributed by atoms with Crippen LogP contribution in [0.25, 0.3) is 20.5 Å². The van der Waals surface area contributed by atoms with Crippen molar-refractivity contribution in [3.05, 3.63) is 47.5 Å². The molecule has 6 heterocycles. The summed E-state index contributed by atoms with van der Waals surface area (Å²) in [4.78, 5) is 37.5. The van der Waals surface area contributed by atoms with Gasteiger partial charge >= 0.3 is 6.09 Å². The number of carbonyl (C=O) groups is 2. The average molecular weight is 881 g/mol. The molecular formula is C25H23BrI2N8O3S2. The van der Waals surface area contributed by atoms with E-state index in [1.165, 1.54) is 22.7 Å². The largest absolute Gasteiger partial charge is 0.444 e. The number of rotatable bonds is 1. The van der Waals surface area contributed by atoms with E-state index >= 15 is 0 Å². The Kier molecular flexibility index (Phi) is 7.82. The highest BCUT2D eigenvalue weighted by Gasteiger charge is 2.49. The first kappa shape index (κ1) is 29.2. The monoisotopic (exact) mass is 880 g/mol. The van der Waals surface area contributed by atoms with Crippen LogP contribution in [0.2, 0.25) is 0 Å². The molecular weight excluding hydrogens is 858 g/mol. The van der Waals surface area contributed by atoms with Crippen LogP contribution >= 0.6 is 83.8 Å². The Morgan fingerprint density at radius 3 is 2.29 bits per heavy atom. The lowest BCUT2D eigenvalue weighted by molar-refractivity contribution is -0.122. The highest BCUT2D eigenvalue weighted by molar-refractivity contribution is 14.1. The van der Waals surface area contributed by atoms with E-state index in [0.29, 0.717) is 25.9 Å². The molecule has 2 aliphatic heterocycles. The molecule has 7 rings (SSSR count). The number of amides is 2. The van der Waals surface area contributed by atoms with Gasteiger partial charge in [0.15, 0.2) is 3.92 Å². The SMILES string of the molecule is Brc1nn2c(I)cnc2s1.CC(C)(C)OC(=O)N1CCC2(CC1)C(=O)Nc1ccc(-c3nn4c(I)cnc4s3)cc12. The quantitative estimate of drug-likeness (QED) is 0.193. The number of nitrogens with one attached hydrogen (secondary N) is 1. The van der Waals surface area contributed by atoms with Crippen molar-refractivity contribution in [2.45, 2.75) is 44.6 Å². The fourth-order valence-corrected chi connectivity index (χ4v) is 8.21. The molecule has 1 fully saturated rings. The summed E-state index contributed by atoms with van der Waals surface area (Å²) in [6, 6.07) is 6.01. The average Bonchev–Trinajstić information content (AvgIpc) is 3.71. The van der Waals surface area contributed by atoms with Crippen LogP contribution in [-0.2, 0) is 14.9 Å². The standard InChI is InChI=1S/C21H22IN5O3S.C4HBrIN3S/c1-20(2,3)30-19(29)26-8-6-21(7-9-26)13-10-12(4-5-14(13)24-17(21)28)16-25-27-15(22)11-23-18(27)31-16;5-3-8-9-2(6)1-7-4(9)10-3/h4-5,10-11H,6-9H2,1-3H3,(H,24,28);1H. The smallest absolute Gasteiger partial charge is 0.410 e. The van der Waals surface area contributed by atoms with Crippen molar-refractivity contribution >= 4 is 111 Å². The van der Waals surface area contributed by atoms with Crippen LogP contribution in [0.15, 0.2) is 34.5 Å². The van der Waals surface area contributed by atoms with Crippen LogP contribution in [-0.4, -0.2) is 64.8 Å². The zero-order valence-corrected chi connectivity index (χ0v) is 29.6. The summed E-state index contributed by atoms with van der Waals surface area (Å²) in [5.41, 5.74) is 1.63. The molecule has 5 aromatic rings. The minimum absolute atomic E-state index is 0.00646. The van der Waals surface area contributed by atoms with Gasteiger partial charge in [-0.15, -0.1) is 5.10 Å². The number of anilines is 1. The number of hydrogen-bond acceptors (Lipinski definition) is 9. The Bertz CT molecular complexity index is 1800. The number of hydrogen-bond donors (Lipinski definition) is 1. The van der Waals surface area contributed by atoms with Crippen molar-refractivity contribution in [1.82, 2.24) is 34.1 Å². The molecule has 41 heavy (non-hydrogen) atoms. The first-order valence-corrected chi connectivity index (χ1v) is 17.1. The third-order valence-corrected chi connectivity index (χ3v) is 10.6. The predicted octanol–water partition coefficient (Wildman–Crippen LogP) is 6.44. The van der Waals surface area contributed by atoms with Crippen molar-refractivity contribution in [2.75, 3.05) is 18.4 Å². The van der Waals surface area contributed by atoms with Gasteiger partial charge in [-0.3, -0.25) is 4.79 Å². The van der Waals surface area contributed by atoms with Crippen LogP contribution < -0.4 is 5.32 Å². The number of fused-ring (bicyclic) bond motifs is 4. The summed E-state index contributed by atoms with van der Waals surface area (Å²) in [5.74, 6) is 0.00646. The van der Waals surface area contributed by atoms with E-state index in [2.05, 4.69) is 92.7 Å². The van der Waals surface area contributed by atoms with E-state index in [9.17, 15) is 9.59 Å². The fraction of sp³-hybridized carbons (Fsp3) is 0.360. The zero-order valence-electron chi connectivity index (χ0n) is 22.0. The second-order valence-electron chi connectivity index (χ2n) is 10.6. The summed E-state index contributed by atoms with van der Waals surface area (Å²) in [6.07, 6.45) is 4.39. The number of carbonyl (C=O) groups excluding carboxylic acids is 2. The van der Waals surface area contributed by atoms with Crippen LogP contribution in [0, 0.1) is 7.40 Å². The lowest BCUT2D eigenvalue weighted by Crippen LogP contribution is -2.49. The topological polar surface area (TPSA) is 119 Å². The van der Waals surface area contributed by atoms with E-state index < -0.39 is 11.0 Å². The molecule has 2 amide bonds. The summed E-state index contributed by atoms with van der Waals surface area (Å²) in [5, 5.41) is 12.7. The maximum atomic E-state index is 13.0. The molecule has 4 aromatic heterocycles. The first-order chi connectivity index (χ1) is 19.4. The Labute approximate surface area is 278 Å². The number of halogens is 3. The van der Waals surface area contributed by atoms with Crippen LogP contribution in [0.4, 0.5) is 10.5 Å². The van der Waals surface area contributed by atoms with Gasteiger partial charge in [0.25, 0.3) is 0 Å². The summed E-state index contributed by atoms with van der Waals surface area (Å²) >= 11 is 10.7. The van der Waals surface area contributed by atoms with Gasteiger partial charge in [0.05, 0.1) is 17.8 Å². The van der Waals surface area contributed by atoms with Gasteiger partial charge in [-0.05, 0) is 118 Å². The minimum Gasteiger partial charge on any atom is -0.444 e. The molecule has 2 aliphatic rings. The van der Waals surface area contributed by atoms with E-state index in [4.69, 9.17) is 4.74 Å². The van der Waals surface area contributed by atoms with Crippen molar-refractivity contribution in [2.24, 2.45) is 0 Å². The highest BCUT2D eigenvalue weighted by atomic mass is 127. The van der Waals surface area contributed by atoms with E-state index in [-0.39, 0.29) is 12.0 Å². The Balaban J connectivity index is 0.000000253. The summed E-state index contributed by atoms with van der Waals surface area (Å²) in [6.45, 7) is 6.53. The molecule has 214 valence electrons. The second kappa shape index (κ2) is 11.0. The molecule has 0 unspecified atom stereocenters. The van der Waals surface area contributed by atoms with Crippen LogP contribution in [0.5, 0.6) is 0 Å². The number of ether oxygens (including phenoxy) is 1. The van der Waals surface area contributed by atoms with Crippen molar-refractivity contribution in [1.29, 1.82) is 0 Å². The Hall–Kier alpha value is -1.90. The molecule has 0 aliphatic carbocycles. The maximum Gasteiger partial charge on any atom is 0.410 e. The van der Waals surface area contributed by atoms with Crippen molar-refractivity contribution in [3.8, 4) is 10.6 Å². The molecule has 0 bridgehead atoms. The molecule has 1 aromatic carbocycles. The number of likely N-dealkylation sites (tertiary alicyclic amines) is 1. The molecule has 1 N–H and O–H groups in total. The maximum absolute atomic E-state index is 13.0. The minimum atomic E-state index is -0.629. The molecule has 1 saturated heterocycles. The first-order valence-electron chi connectivity index (χ1n) is 12.5. The Morgan fingerprint density at radius 1 is 1.05 bits per heavy atom. The number of benzene rings is 1. The number of nitrogens with zero attached hydrogens (tertiary/aromatic N) is 7. The van der Waals surface area contributed by atoms with Gasteiger partial charge in [-0.1, -0.05) is 22.7 Å². The van der Waals surface area contributed by atoms with Crippen molar-refractivity contribution < 1.29 is 14.3 Å². The third-order valence-electron chi connectivity index (χ3n) is 6.80. The summed E-state index contributed by atoms with van der Waals surface area (Å²) in [7, 11) is 0. The molecule has 0 saturated carbocycles. The summed E-state index contributed by atoms with van der Waals surface area (Å²) < 4.78 is 12.0. The van der Waals surface area contributed by atoms with E-state index in [0.717, 1.165) is 43.1 Å². The lowest BCUT2D eigenvalue weighted by Gasteiger charge is -2.38. The predicted molar refractivity (Wildman–Crippen MR) is 178 cm³/mol. The molecule has 11 nitrogen and oxygen atoms in total. The molecule has 0 atom stereocenters. The van der Waals surface area contributed by atoms with Crippen molar-refractivity contribution in [3.63, 3.8) is 0 Å². The van der Waals surface area contributed by atoms with Gasteiger partial charge in [-0.25, -0.2) is 14.8 Å². The van der Waals surface area contributed by atoms with Crippen LogP contribution in [0.1, 0.15) is 39.2 Å².